The Morgan fingerprint density at radius 3 is 1.48 bits per heavy atom. The summed E-state index contributed by atoms with van der Waals surface area (Å²) in [4.78, 5) is 85.6. The van der Waals surface area contributed by atoms with Gasteiger partial charge in [0.15, 0.2) is 23.8 Å². The number of pyridine rings is 1. The van der Waals surface area contributed by atoms with Gasteiger partial charge in [-0.1, -0.05) is 96.2 Å². The first kappa shape index (κ1) is 86.5. The normalized spacial score (nSPS) is 21.2. The molecule has 1 fully saturated rings. The second-order valence-electron chi connectivity index (χ2n) is 31.2. The third-order valence-electron chi connectivity index (χ3n) is 22.8. The maximum Gasteiger partial charge on any atom is 0.573 e. The number of benzene rings is 6. The van der Waals surface area contributed by atoms with Gasteiger partial charge in [0.25, 0.3) is 0 Å². The molecule has 5 aliphatic rings. The number of carbonyl (C=O) groups excluding carboxylic acids is 4. The van der Waals surface area contributed by atoms with Crippen LogP contribution in [0.5, 0.6) is 5.75 Å². The number of carbonyl (C=O) groups is 4. The molecule has 0 spiro atoms. The lowest BCUT2D eigenvalue weighted by Crippen LogP contribution is -2.54. The van der Waals surface area contributed by atoms with Crippen molar-refractivity contribution in [3.8, 4) is 74.3 Å². The molecule has 6 aromatic heterocycles. The number of nitrogens with two attached hydrogens (primary N) is 4. The molecule has 12 aromatic rings. The van der Waals surface area contributed by atoms with Crippen LogP contribution in [0.1, 0.15) is 128 Å². The Morgan fingerprint density at radius 1 is 0.508 bits per heavy atom. The predicted octanol–water partition coefficient (Wildman–Crippen LogP) is 16.3. The summed E-state index contributed by atoms with van der Waals surface area (Å²) in [7, 11) is 6.45. The van der Waals surface area contributed by atoms with Crippen LogP contribution >= 0.6 is 45.3 Å². The van der Waals surface area contributed by atoms with Crippen LogP contribution in [0.4, 0.5) is 17.6 Å². The lowest BCUT2D eigenvalue weighted by atomic mass is 9.77. The largest absolute Gasteiger partial charge is 0.573 e. The van der Waals surface area contributed by atoms with Gasteiger partial charge >= 0.3 is 6.36 Å². The number of hydrogen-bond donors (Lipinski definition) is 4. The maximum atomic E-state index is 13.5. The molecule has 24 nitrogen and oxygen atoms in total. The summed E-state index contributed by atoms with van der Waals surface area (Å²) in [5, 5.41) is 41.8. The van der Waals surface area contributed by atoms with E-state index < -0.39 is 46.3 Å². The van der Waals surface area contributed by atoms with Crippen LogP contribution in [0.2, 0.25) is 0 Å². The van der Waals surface area contributed by atoms with Crippen LogP contribution in [0.25, 0.3) is 50.3 Å². The van der Waals surface area contributed by atoms with Gasteiger partial charge < -0.3 is 27.7 Å². The molecule has 1 unspecified atom stereocenters. The summed E-state index contributed by atoms with van der Waals surface area (Å²) in [6, 6.07) is 62.9. The fourth-order valence-electron chi connectivity index (χ4n) is 15.5. The number of nitrogens with zero attached hydrogens (tertiary/aromatic N) is 15. The Labute approximate surface area is 728 Å². The van der Waals surface area contributed by atoms with E-state index in [1.807, 2.05) is 135 Å². The number of para-hydroxylation sites is 1. The molecule has 17 rings (SSSR count). The topological polar surface area (TPSA) is 359 Å². The van der Waals surface area contributed by atoms with Crippen molar-refractivity contribution in [3.05, 3.63) is 286 Å². The summed E-state index contributed by atoms with van der Waals surface area (Å²) in [5.74, 6) is -1.83. The minimum Gasteiger partial charge on any atom is -0.406 e. The minimum absolute atomic E-state index is 0.0379. The number of ether oxygens (including phenoxy) is 1. The lowest BCUT2D eigenvalue weighted by Gasteiger charge is -2.40. The number of halogens is 4. The quantitative estimate of drug-likeness (QED) is 0.0693. The smallest absolute Gasteiger partial charge is 0.406 e. The summed E-state index contributed by atoms with van der Waals surface area (Å²) < 4.78 is 56.6. The fraction of sp³-hybridized carbons (Fsp3) is 0.239. The number of amides is 4. The third-order valence-corrected chi connectivity index (χ3v) is 27.5. The van der Waals surface area contributed by atoms with Crippen molar-refractivity contribution in [1.82, 2.24) is 39.6 Å². The number of hydrogen-bond acceptors (Lipinski definition) is 23. The van der Waals surface area contributed by atoms with Gasteiger partial charge in [0.1, 0.15) is 33.7 Å². The SMILES string of the molecule is CN1C(=O)C(Cc2cnnn2-c2ccccc2)[C@@](C)(c2cc(-c3cccc(C#N)c3)cs2)N=C1N.CN1C(=O)[C@@H](c2ccc(OC(F)(F)F)cc2)[C@@](C)(c2cc(-c3cccc(C#N)c3)cs2)N=C1N.CN1C(=O)[C@H](c2ccc(C3CC3)cc2)[C@@](C)(c2cc(-c3ccc(F)cn3)cs2)N=C1N.Cc1sc([C@]2(C)CC(=O)N(C)C(N)=N2)cc1-c1cccc(C#N)c1. The van der Waals surface area contributed by atoms with E-state index in [0.29, 0.717) is 46.7 Å². The molecule has 1 saturated carbocycles. The Morgan fingerprint density at radius 2 is 0.976 bits per heavy atom. The fourth-order valence-corrected chi connectivity index (χ4v) is 19.8. The Hall–Kier alpha value is -13.8. The molecule has 7 atom stereocenters. The van der Waals surface area contributed by atoms with Crippen LogP contribution in [-0.2, 0) is 47.8 Å². The molecule has 0 radical (unpaired) electrons. The van der Waals surface area contributed by atoms with E-state index in [4.69, 9.17) is 38.2 Å². The number of alkyl halides is 3. The van der Waals surface area contributed by atoms with E-state index in [2.05, 4.69) is 78.6 Å². The van der Waals surface area contributed by atoms with Crippen molar-refractivity contribution >= 4 is 92.8 Å². The van der Waals surface area contributed by atoms with Crippen molar-refractivity contribution in [3.63, 3.8) is 0 Å². The molecular weight excluding hydrogens is 1660 g/mol. The molecule has 6 aromatic carbocycles. The number of thiophene rings is 4. The number of aromatic nitrogens is 4. The first-order chi connectivity index (χ1) is 59.1. The Bertz CT molecular complexity index is 6350. The number of guanidine groups is 4. The number of aryl methyl sites for hydroxylation is 1. The summed E-state index contributed by atoms with van der Waals surface area (Å²) in [5.41, 5.74) is 34.1. The van der Waals surface area contributed by atoms with Crippen LogP contribution < -0.4 is 27.7 Å². The molecule has 124 heavy (non-hydrogen) atoms. The zero-order chi connectivity index (χ0) is 88.5. The van der Waals surface area contributed by atoms with Crippen molar-refractivity contribution in [1.29, 1.82) is 15.8 Å². The molecule has 1 aliphatic carbocycles. The lowest BCUT2D eigenvalue weighted by molar-refractivity contribution is -0.274. The first-order valence-electron chi connectivity index (χ1n) is 39.1. The molecule has 4 amide bonds. The van der Waals surface area contributed by atoms with Gasteiger partial charge in [0, 0.05) is 69.9 Å². The van der Waals surface area contributed by atoms with Gasteiger partial charge in [0.05, 0.1) is 88.5 Å². The number of aliphatic imine (C=N–C) groups is 4. The van der Waals surface area contributed by atoms with E-state index in [1.54, 1.807) is 86.7 Å². The predicted molar refractivity (Wildman–Crippen MR) is 473 cm³/mol. The second kappa shape index (κ2) is 34.9. The standard InChI is InChI=1S/C26H23N7OS.C24H19F3N4O2S.C24H23FN4OS.C18H18N4OS/c1-26(23-12-19(16-35-23)18-8-6-7-17(11-18)14-27)22(24(34)32(2)25(28)30-26)13-21-15-29-31-33(21)20-9-4-3-5-10-20;1-23(19-11-17(13-34-19)16-5-3-4-14(10-16)12-28)20(21(32)31(2)22(29)30-23)15-6-8-18(9-7-15)33-24(25,26)27;1-24(20-11-17(13-31-20)19-10-9-18(25)12-27-19)21(22(30)29(2)23(26)28-24)16-7-5-15(6-8-16)14-3-4-14;1-11-14(13-6-4-5-12(7-13)10-19)8-15(24-11)18(2)9-16(23)22(3)17(20)21-18/h3-12,15-16,22H,13H2,1-2H3,(H2,28,30);3-11,13,20H,1-2H3,(H2,29,30);5-14,21H,3-4H2,1-2H3,(H2,26,28);4-8H,9H2,1-3H3,(H2,20,21)/t22?,26-;20-,23-;21-,24+;18-/m0100/s1. The molecule has 32 heteroatoms. The molecule has 10 heterocycles. The zero-order valence-electron chi connectivity index (χ0n) is 68.6. The Balaban J connectivity index is 0.000000136. The van der Waals surface area contributed by atoms with E-state index in [1.165, 1.54) is 116 Å². The second-order valence-corrected chi connectivity index (χ2v) is 35.2. The van der Waals surface area contributed by atoms with Crippen molar-refractivity contribution < 1.29 is 41.5 Å². The molecule has 0 saturated heterocycles. The number of rotatable bonds is 15. The van der Waals surface area contributed by atoms with Gasteiger partial charge in [-0.3, -0.25) is 43.8 Å². The van der Waals surface area contributed by atoms with Gasteiger partial charge in [-0.05, 0) is 211 Å². The average molecular weight is 1740 g/mol. The van der Waals surface area contributed by atoms with Gasteiger partial charge in [-0.25, -0.2) is 29.0 Å². The highest BCUT2D eigenvalue weighted by atomic mass is 32.1. The van der Waals surface area contributed by atoms with Crippen LogP contribution in [0.15, 0.2) is 237 Å². The van der Waals surface area contributed by atoms with Gasteiger partial charge in [0.2, 0.25) is 23.6 Å². The highest BCUT2D eigenvalue weighted by molar-refractivity contribution is 7.12. The highest BCUT2D eigenvalue weighted by Crippen LogP contribution is 2.51. The maximum absolute atomic E-state index is 13.5. The summed E-state index contributed by atoms with van der Waals surface area (Å²) in [6.45, 7) is 9.66. The van der Waals surface area contributed by atoms with E-state index >= 15 is 0 Å². The van der Waals surface area contributed by atoms with Crippen LogP contribution in [0, 0.1) is 52.7 Å². The molecular formula is C92H83F4N19O5S4. The monoisotopic (exact) mass is 1740 g/mol. The minimum atomic E-state index is -4.81. The van der Waals surface area contributed by atoms with Gasteiger partial charge in [-0.15, -0.1) is 63.6 Å². The summed E-state index contributed by atoms with van der Waals surface area (Å²) in [6.07, 6.45) is 1.23. The molecule has 8 N–H and O–H groups in total. The molecule has 4 aliphatic heterocycles. The van der Waals surface area contributed by atoms with Crippen LogP contribution in [-0.4, -0.2) is 122 Å². The first-order valence-corrected chi connectivity index (χ1v) is 42.5. The van der Waals surface area contributed by atoms with Crippen molar-refractivity contribution in [2.24, 2.45) is 48.8 Å². The Kier molecular flexibility index (Phi) is 24.4. The van der Waals surface area contributed by atoms with Crippen molar-refractivity contribution in [2.45, 2.75) is 107 Å². The summed E-state index contributed by atoms with van der Waals surface area (Å²) >= 11 is 6.04. The zero-order valence-corrected chi connectivity index (χ0v) is 71.9. The number of likely N-dealkylation sites (N-methyl/N-ethyl adjacent to an activating group) is 2. The van der Waals surface area contributed by atoms with Crippen LogP contribution in [0.3, 0.4) is 0 Å². The third kappa shape index (κ3) is 17.8. The van der Waals surface area contributed by atoms with E-state index in [0.717, 1.165) is 80.3 Å². The highest BCUT2D eigenvalue weighted by Gasteiger charge is 2.51. The molecule has 628 valence electrons. The molecule has 0 bridgehead atoms. The number of nitriles is 3. The van der Waals surface area contributed by atoms with E-state index in [9.17, 15) is 47.3 Å². The van der Waals surface area contributed by atoms with Crippen molar-refractivity contribution in [2.75, 3.05) is 28.2 Å². The van der Waals surface area contributed by atoms with Gasteiger partial charge in [-0.2, -0.15) is 15.8 Å². The van der Waals surface area contributed by atoms with E-state index in [-0.39, 0.29) is 59.0 Å². The average Bonchev–Trinajstić information content (AvgIpc) is 1.36.